The number of carbonyl (C=O) groups excluding carboxylic acids is 1. The molecule has 0 saturated heterocycles. The van der Waals surface area contributed by atoms with Crippen molar-refractivity contribution in [2.75, 3.05) is 16.8 Å². The van der Waals surface area contributed by atoms with Gasteiger partial charge >= 0.3 is 0 Å². The first kappa shape index (κ1) is 20.0. The Labute approximate surface area is 169 Å². The summed E-state index contributed by atoms with van der Waals surface area (Å²) < 4.78 is 0. The number of aromatic nitrogens is 2. The zero-order chi connectivity index (χ0) is 20.5. The number of hydrogen-bond acceptors (Lipinski definition) is 6. The van der Waals surface area contributed by atoms with Crippen molar-refractivity contribution < 1.29 is 4.79 Å². The molecule has 0 bridgehead atoms. The van der Waals surface area contributed by atoms with E-state index in [4.69, 9.17) is 5.73 Å². The van der Waals surface area contributed by atoms with E-state index in [2.05, 4.69) is 15.3 Å². The molecule has 0 aliphatic heterocycles. The first-order valence-corrected chi connectivity index (χ1v) is 9.26. The van der Waals surface area contributed by atoms with Gasteiger partial charge in [-0.25, -0.2) is 4.98 Å². The van der Waals surface area contributed by atoms with E-state index in [0.717, 1.165) is 11.1 Å². The molecule has 3 N–H and O–H groups in total. The molecule has 2 aromatic carbocycles. The zero-order valence-corrected chi connectivity index (χ0v) is 15.9. The molecule has 7 nitrogen and oxygen atoms in total. The Balaban J connectivity index is 1.72. The summed E-state index contributed by atoms with van der Waals surface area (Å²) in [6.45, 7) is 0.403. The van der Waals surface area contributed by atoms with E-state index >= 15 is 0 Å². The molecule has 0 aliphatic carbocycles. The number of amides is 1. The van der Waals surface area contributed by atoms with Gasteiger partial charge in [0, 0.05) is 12.7 Å². The van der Waals surface area contributed by atoms with Crippen molar-refractivity contribution >= 4 is 17.7 Å². The second kappa shape index (κ2) is 9.97. The number of nitrogens with two attached hydrogens (primary N) is 1. The highest BCUT2D eigenvalue weighted by Gasteiger charge is 2.24. The van der Waals surface area contributed by atoms with Crippen LogP contribution in [-0.4, -0.2) is 28.5 Å². The summed E-state index contributed by atoms with van der Waals surface area (Å²) in [6, 6.07) is 22.2. The number of benzene rings is 2. The van der Waals surface area contributed by atoms with Crippen molar-refractivity contribution in [3.63, 3.8) is 0 Å². The molecule has 3 rings (SSSR count). The van der Waals surface area contributed by atoms with E-state index in [1.807, 2.05) is 66.7 Å². The first-order valence-electron chi connectivity index (χ1n) is 9.26. The summed E-state index contributed by atoms with van der Waals surface area (Å²) in [5, 5.41) is 12.3. The van der Waals surface area contributed by atoms with Crippen LogP contribution in [0.1, 0.15) is 11.1 Å². The molecule has 0 aliphatic rings. The predicted octanol–water partition coefficient (Wildman–Crippen LogP) is 2.52. The normalized spacial score (nSPS) is 11.3. The molecule has 0 radical (unpaired) electrons. The van der Waals surface area contributed by atoms with Gasteiger partial charge < -0.3 is 11.1 Å². The molecule has 1 aromatic heterocycles. The van der Waals surface area contributed by atoms with E-state index in [9.17, 15) is 10.1 Å². The van der Waals surface area contributed by atoms with Crippen molar-refractivity contribution in [3.05, 3.63) is 84.1 Å². The Bertz CT molecular complexity index is 971. The number of nitrogens with one attached hydrogen (secondary N) is 1. The molecule has 1 heterocycles. The minimum Gasteiger partial charge on any atom is -0.350 e. The maximum Gasteiger partial charge on any atom is 0.246 e. The summed E-state index contributed by atoms with van der Waals surface area (Å²) >= 11 is 0. The topological polar surface area (TPSA) is 108 Å². The van der Waals surface area contributed by atoms with E-state index in [1.165, 1.54) is 4.90 Å². The van der Waals surface area contributed by atoms with Crippen molar-refractivity contribution in [2.24, 2.45) is 5.73 Å². The second-order valence-electron chi connectivity index (χ2n) is 6.46. The molecule has 0 spiro atoms. The quantitative estimate of drug-likeness (QED) is 0.576. The van der Waals surface area contributed by atoms with Crippen LogP contribution in [0, 0.1) is 11.3 Å². The smallest absolute Gasteiger partial charge is 0.246 e. The van der Waals surface area contributed by atoms with Crippen LogP contribution in [0.15, 0.2) is 72.9 Å². The molecule has 1 atom stereocenters. The van der Waals surface area contributed by atoms with Gasteiger partial charge in [0.15, 0.2) is 0 Å². The van der Waals surface area contributed by atoms with E-state index < -0.39 is 6.04 Å². The third-order valence-corrected chi connectivity index (χ3v) is 4.32. The molecule has 3 aromatic rings. The van der Waals surface area contributed by atoms with Gasteiger partial charge in [0.05, 0.1) is 12.1 Å². The van der Waals surface area contributed by atoms with Gasteiger partial charge in [0.25, 0.3) is 0 Å². The van der Waals surface area contributed by atoms with Gasteiger partial charge in [-0.05, 0) is 23.6 Å². The zero-order valence-electron chi connectivity index (χ0n) is 15.9. The molecule has 0 unspecified atom stereocenters. The van der Waals surface area contributed by atoms with Crippen LogP contribution >= 0.6 is 0 Å². The Hall–Kier alpha value is -3.76. The van der Waals surface area contributed by atoms with E-state index in [-0.39, 0.29) is 12.5 Å². The van der Waals surface area contributed by atoms with Crippen LogP contribution in [-0.2, 0) is 17.8 Å². The fourth-order valence-corrected chi connectivity index (χ4v) is 2.86. The fourth-order valence-electron chi connectivity index (χ4n) is 2.86. The minimum absolute atomic E-state index is 0.142. The summed E-state index contributed by atoms with van der Waals surface area (Å²) in [5.74, 6) is 0.354. The summed E-state index contributed by atoms with van der Waals surface area (Å²) in [4.78, 5) is 22.8. The highest BCUT2D eigenvalue weighted by Crippen LogP contribution is 2.15. The van der Waals surface area contributed by atoms with Gasteiger partial charge in [-0.15, -0.1) is 0 Å². The molecule has 1 amide bonds. The van der Waals surface area contributed by atoms with Gasteiger partial charge in [0.2, 0.25) is 11.9 Å². The maximum atomic E-state index is 12.9. The summed E-state index contributed by atoms with van der Waals surface area (Å²) in [5.41, 5.74) is 8.17. The predicted molar refractivity (Wildman–Crippen MR) is 112 cm³/mol. The van der Waals surface area contributed by atoms with Crippen LogP contribution in [0.25, 0.3) is 0 Å². The number of nitriles is 1. The average Bonchev–Trinajstić information content (AvgIpc) is 2.77. The van der Waals surface area contributed by atoms with Crippen molar-refractivity contribution in [2.45, 2.75) is 19.0 Å². The van der Waals surface area contributed by atoms with Crippen LogP contribution < -0.4 is 16.0 Å². The lowest BCUT2D eigenvalue weighted by atomic mass is 10.1. The lowest BCUT2D eigenvalue weighted by molar-refractivity contribution is -0.119. The number of rotatable bonds is 8. The first-order chi connectivity index (χ1) is 14.2. The molecule has 0 fully saturated rings. The highest BCUT2D eigenvalue weighted by molar-refractivity contribution is 5.96. The lowest BCUT2D eigenvalue weighted by Gasteiger charge is -2.22. The Morgan fingerprint density at radius 3 is 2.38 bits per heavy atom. The van der Waals surface area contributed by atoms with Crippen molar-refractivity contribution in [1.82, 2.24) is 9.97 Å². The standard InChI is InChI=1S/C22H22N6O/c23-12-14-28(21(29)19(24)15-17-7-3-1-4-8-17)20-11-13-25-22(27-20)26-16-18-9-5-2-6-10-18/h1-11,13,19H,14-16,24H2,(H,25,26,27)/t19-/m0/s1. The monoisotopic (exact) mass is 386 g/mol. The molecule has 29 heavy (non-hydrogen) atoms. The third kappa shape index (κ3) is 5.61. The summed E-state index contributed by atoms with van der Waals surface area (Å²) in [6.07, 6.45) is 1.93. The molecular weight excluding hydrogens is 364 g/mol. The largest absolute Gasteiger partial charge is 0.350 e. The van der Waals surface area contributed by atoms with Gasteiger partial charge in [-0.3, -0.25) is 9.69 Å². The van der Waals surface area contributed by atoms with Crippen LogP contribution in [0.2, 0.25) is 0 Å². The minimum atomic E-state index is -0.776. The van der Waals surface area contributed by atoms with E-state index in [1.54, 1.807) is 12.3 Å². The number of hydrogen-bond donors (Lipinski definition) is 2. The van der Waals surface area contributed by atoms with Crippen LogP contribution in [0.3, 0.4) is 0 Å². The van der Waals surface area contributed by atoms with Crippen LogP contribution in [0.5, 0.6) is 0 Å². The fraction of sp³-hybridized carbons (Fsp3) is 0.182. The second-order valence-corrected chi connectivity index (χ2v) is 6.46. The Morgan fingerprint density at radius 1 is 1.07 bits per heavy atom. The summed E-state index contributed by atoms with van der Waals surface area (Å²) in [7, 11) is 0. The Morgan fingerprint density at radius 2 is 1.72 bits per heavy atom. The van der Waals surface area contributed by atoms with Gasteiger partial charge in [-0.2, -0.15) is 10.2 Å². The van der Waals surface area contributed by atoms with Crippen LogP contribution in [0.4, 0.5) is 11.8 Å². The molecule has 146 valence electrons. The highest BCUT2D eigenvalue weighted by atomic mass is 16.2. The number of carbonyl (C=O) groups is 1. The number of anilines is 2. The number of nitrogens with zero attached hydrogens (tertiary/aromatic N) is 4. The molecule has 7 heteroatoms. The van der Waals surface area contributed by atoms with E-state index in [0.29, 0.717) is 24.7 Å². The van der Waals surface area contributed by atoms with Gasteiger partial charge in [0.1, 0.15) is 12.4 Å². The Kier molecular flexibility index (Phi) is 6.87. The average molecular weight is 386 g/mol. The lowest BCUT2D eigenvalue weighted by Crippen LogP contribution is -2.45. The molecular formula is C22H22N6O. The third-order valence-electron chi connectivity index (χ3n) is 4.32. The SMILES string of the molecule is N#CCN(C(=O)[C@@H](N)Cc1ccccc1)c1ccnc(NCc2ccccc2)n1. The van der Waals surface area contributed by atoms with Crippen molar-refractivity contribution in [1.29, 1.82) is 5.26 Å². The van der Waals surface area contributed by atoms with Gasteiger partial charge in [-0.1, -0.05) is 60.7 Å². The maximum absolute atomic E-state index is 12.9. The molecule has 0 saturated carbocycles. The van der Waals surface area contributed by atoms with Crippen molar-refractivity contribution in [3.8, 4) is 6.07 Å².